The largest absolute Gasteiger partial charge is 0.475 e. The highest BCUT2D eigenvalue weighted by atomic mass is 32.2. The summed E-state index contributed by atoms with van der Waals surface area (Å²) in [6, 6.07) is 16.8. The summed E-state index contributed by atoms with van der Waals surface area (Å²) in [7, 11) is 1.53. The number of anilines is 1. The molecule has 0 bridgehead atoms. The first-order valence-electron chi connectivity index (χ1n) is 14.8. The molecule has 0 amide bonds. The lowest BCUT2D eigenvalue weighted by atomic mass is 9.94. The van der Waals surface area contributed by atoms with Crippen molar-refractivity contribution in [2.24, 2.45) is 5.92 Å². The quantitative estimate of drug-likeness (QED) is 0.0957. The molecule has 2 aliphatic rings. The maximum atomic E-state index is 17.0. The molecule has 0 N–H and O–H groups in total. The first-order chi connectivity index (χ1) is 21.5. The molecule has 3 heterocycles. The molecule has 10 heteroatoms. The van der Waals surface area contributed by atoms with Gasteiger partial charge in [-0.2, -0.15) is 0 Å². The Kier molecular flexibility index (Phi) is 7.72. The van der Waals surface area contributed by atoms with Crippen molar-refractivity contribution in [3.8, 4) is 22.9 Å². The molecule has 0 unspecified atom stereocenters. The van der Waals surface area contributed by atoms with Crippen LogP contribution in [0.3, 0.4) is 0 Å². The summed E-state index contributed by atoms with van der Waals surface area (Å²) in [5, 5.41) is 2.17. The minimum atomic E-state index is -0.618. The third kappa shape index (κ3) is 5.09. The molecule has 226 valence electrons. The molecule has 3 aromatic carbocycles. The molecule has 2 aromatic heterocycles. The predicted molar refractivity (Wildman–Crippen MR) is 168 cm³/mol. The van der Waals surface area contributed by atoms with Crippen LogP contribution in [-0.4, -0.2) is 47.8 Å². The summed E-state index contributed by atoms with van der Waals surface area (Å²) in [6.45, 7) is 2.85. The van der Waals surface area contributed by atoms with Gasteiger partial charge in [-0.15, -0.1) is 0 Å². The summed E-state index contributed by atoms with van der Waals surface area (Å²) in [4.78, 5) is 16.7. The number of thioether (sulfide) groups is 1. The van der Waals surface area contributed by atoms with Crippen molar-refractivity contribution in [2.45, 2.75) is 43.9 Å². The van der Waals surface area contributed by atoms with Crippen LogP contribution in [0.15, 0.2) is 59.8 Å². The fourth-order valence-corrected chi connectivity index (χ4v) is 6.53. The molecule has 1 fully saturated rings. The van der Waals surface area contributed by atoms with Crippen LogP contribution in [0, 0.1) is 17.6 Å². The van der Waals surface area contributed by atoms with Gasteiger partial charge in [-0.1, -0.05) is 55.1 Å². The van der Waals surface area contributed by atoms with Gasteiger partial charge in [0.1, 0.15) is 40.6 Å². The molecule has 1 aliphatic heterocycles. The number of fused-ring (bicyclic) bond motifs is 1. The van der Waals surface area contributed by atoms with Gasteiger partial charge in [0, 0.05) is 19.2 Å². The van der Waals surface area contributed by atoms with E-state index in [4.69, 9.17) is 24.2 Å². The van der Waals surface area contributed by atoms with E-state index in [9.17, 15) is 0 Å². The van der Waals surface area contributed by atoms with Crippen molar-refractivity contribution >= 4 is 39.3 Å². The lowest BCUT2D eigenvalue weighted by Gasteiger charge is -2.31. The first-order valence-corrected chi connectivity index (χ1v) is 16.0. The van der Waals surface area contributed by atoms with Crippen LogP contribution in [0.1, 0.15) is 30.9 Å². The van der Waals surface area contributed by atoms with Crippen LogP contribution < -0.4 is 14.4 Å². The van der Waals surface area contributed by atoms with E-state index in [-0.39, 0.29) is 35.7 Å². The number of methoxy groups -OCH3 is 1. The van der Waals surface area contributed by atoms with E-state index in [2.05, 4.69) is 22.0 Å². The van der Waals surface area contributed by atoms with Gasteiger partial charge in [0.2, 0.25) is 5.88 Å². The number of hydrogen-bond acceptors (Lipinski definition) is 8. The standard InChI is InChI=1S/C34H32F2N4O3S/c1-4-23-25(35)13-12-21-14-22(43-18-41-2)15-24(27(21)23)30-29(36)31-28-32(39-34(38-31)44-3)40(16-19-8-6-5-7-9-19)26(20-10-11-20)17-42-33(28)37-30/h5-9,12-15,20,26H,4,10-11,16-18H2,1-3H3/t26-/m1/s1. The van der Waals surface area contributed by atoms with Crippen molar-refractivity contribution in [3.05, 3.63) is 77.4 Å². The van der Waals surface area contributed by atoms with Crippen molar-refractivity contribution in [1.82, 2.24) is 15.0 Å². The number of aryl methyl sites for hydroxylation is 1. The number of rotatable bonds is 9. The van der Waals surface area contributed by atoms with E-state index in [1.54, 1.807) is 18.2 Å². The molecular formula is C34H32F2N4O3S. The highest BCUT2D eigenvalue weighted by Gasteiger charge is 2.40. The Morgan fingerprint density at radius 2 is 1.84 bits per heavy atom. The Balaban J connectivity index is 1.49. The Bertz CT molecular complexity index is 1870. The van der Waals surface area contributed by atoms with Gasteiger partial charge in [-0.25, -0.2) is 23.7 Å². The molecule has 0 radical (unpaired) electrons. The van der Waals surface area contributed by atoms with Gasteiger partial charge in [-0.3, -0.25) is 0 Å². The predicted octanol–water partition coefficient (Wildman–Crippen LogP) is 7.57. The smallest absolute Gasteiger partial charge is 0.227 e. The maximum Gasteiger partial charge on any atom is 0.227 e. The lowest BCUT2D eigenvalue weighted by molar-refractivity contribution is 0.0512. The number of pyridine rings is 1. The fraction of sp³-hybridized carbons (Fsp3) is 0.324. The zero-order valence-electron chi connectivity index (χ0n) is 24.8. The van der Waals surface area contributed by atoms with Crippen LogP contribution in [0.5, 0.6) is 11.6 Å². The summed E-state index contributed by atoms with van der Waals surface area (Å²) in [5.74, 6) is 0.799. The number of benzene rings is 3. The van der Waals surface area contributed by atoms with E-state index in [0.29, 0.717) is 69.5 Å². The highest BCUT2D eigenvalue weighted by Crippen LogP contribution is 2.46. The Morgan fingerprint density at radius 3 is 2.57 bits per heavy atom. The molecule has 5 aromatic rings. The molecule has 1 atom stereocenters. The van der Waals surface area contributed by atoms with Crippen LogP contribution >= 0.6 is 11.8 Å². The van der Waals surface area contributed by atoms with Gasteiger partial charge in [0.05, 0.1) is 6.04 Å². The number of ether oxygens (including phenoxy) is 3. The van der Waals surface area contributed by atoms with E-state index < -0.39 is 5.82 Å². The number of hydrogen-bond donors (Lipinski definition) is 0. The monoisotopic (exact) mass is 614 g/mol. The number of nitrogens with zero attached hydrogens (tertiary/aromatic N) is 4. The number of aromatic nitrogens is 3. The van der Waals surface area contributed by atoms with Gasteiger partial charge >= 0.3 is 0 Å². The molecule has 1 saturated carbocycles. The zero-order chi connectivity index (χ0) is 30.4. The fourth-order valence-electron chi connectivity index (χ4n) is 6.17. The van der Waals surface area contributed by atoms with Crippen molar-refractivity contribution in [2.75, 3.05) is 31.7 Å². The second-order valence-electron chi connectivity index (χ2n) is 11.2. The van der Waals surface area contributed by atoms with Crippen LogP contribution in [0.2, 0.25) is 0 Å². The average molecular weight is 615 g/mol. The van der Waals surface area contributed by atoms with Gasteiger partial charge in [-0.05, 0) is 71.5 Å². The maximum absolute atomic E-state index is 17.0. The summed E-state index contributed by atoms with van der Waals surface area (Å²) in [6.07, 6.45) is 4.48. The summed E-state index contributed by atoms with van der Waals surface area (Å²) < 4.78 is 49.5. The Labute approximate surface area is 258 Å². The van der Waals surface area contributed by atoms with Crippen LogP contribution in [0.4, 0.5) is 14.6 Å². The molecule has 0 saturated heterocycles. The second-order valence-corrected chi connectivity index (χ2v) is 11.9. The highest BCUT2D eigenvalue weighted by molar-refractivity contribution is 7.98. The van der Waals surface area contributed by atoms with Crippen molar-refractivity contribution in [3.63, 3.8) is 0 Å². The van der Waals surface area contributed by atoms with E-state index in [0.717, 1.165) is 18.4 Å². The Morgan fingerprint density at radius 1 is 1.02 bits per heavy atom. The average Bonchev–Trinajstić information content (AvgIpc) is 3.90. The van der Waals surface area contributed by atoms with E-state index in [1.807, 2.05) is 31.4 Å². The normalized spacial score (nSPS) is 16.3. The molecule has 1 aliphatic carbocycles. The summed E-state index contributed by atoms with van der Waals surface area (Å²) >= 11 is 1.36. The third-order valence-corrected chi connectivity index (χ3v) is 8.96. The molecule has 0 spiro atoms. The van der Waals surface area contributed by atoms with Gasteiger partial charge < -0.3 is 19.1 Å². The van der Waals surface area contributed by atoms with Gasteiger partial charge in [0.25, 0.3) is 0 Å². The zero-order valence-corrected chi connectivity index (χ0v) is 25.6. The van der Waals surface area contributed by atoms with Crippen LogP contribution in [0.25, 0.3) is 32.9 Å². The van der Waals surface area contributed by atoms with Crippen LogP contribution in [-0.2, 0) is 17.7 Å². The van der Waals surface area contributed by atoms with Gasteiger partial charge in [0.15, 0.2) is 17.8 Å². The van der Waals surface area contributed by atoms with Crippen molar-refractivity contribution < 1.29 is 23.0 Å². The molecule has 7 rings (SSSR count). The molecular weight excluding hydrogens is 582 g/mol. The minimum Gasteiger partial charge on any atom is -0.475 e. The topological polar surface area (TPSA) is 69.6 Å². The molecule has 7 nitrogen and oxygen atoms in total. The Hall–Kier alpha value is -4.02. The summed E-state index contributed by atoms with van der Waals surface area (Å²) in [5.41, 5.74) is 2.15. The van der Waals surface area contributed by atoms with Crippen molar-refractivity contribution in [1.29, 1.82) is 0 Å². The molecule has 44 heavy (non-hydrogen) atoms. The lowest BCUT2D eigenvalue weighted by Crippen LogP contribution is -2.40. The third-order valence-electron chi connectivity index (χ3n) is 8.41. The van der Waals surface area contributed by atoms with E-state index >= 15 is 8.78 Å². The number of halogens is 2. The minimum absolute atomic E-state index is 0.00222. The second kappa shape index (κ2) is 11.8. The van der Waals surface area contributed by atoms with E-state index in [1.165, 1.54) is 24.9 Å². The SMILES string of the molecule is CCc1c(F)ccc2cc(OCOC)cc(-c3nc4c5c(nc(SC)nc5c3F)N(Cc3ccccc3)[C@@H](C3CC3)CO4)c12. The first kappa shape index (κ1) is 28.7.